The molecule has 2 aliphatic rings. The summed E-state index contributed by atoms with van der Waals surface area (Å²) in [6, 6.07) is 5.57. The summed E-state index contributed by atoms with van der Waals surface area (Å²) < 4.78 is 21.9. The average Bonchev–Trinajstić information content (AvgIpc) is 2.59. The molecule has 0 spiro atoms. The second kappa shape index (κ2) is 6.82. The van der Waals surface area contributed by atoms with Crippen LogP contribution in [0.3, 0.4) is 0 Å². The molecule has 0 aromatic heterocycles. The number of benzene rings is 1. The molecule has 1 saturated heterocycles. The smallest absolute Gasteiger partial charge is 0.324 e. The Morgan fingerprint density at radius 2 is 1.58 bits per heavy atom. The summed E-state index contributed by atoms with van der Waals surface area (Å²) >= 11 is 0. The average molecular weight is 362 g/mol. The highest BCUT2D eigenvalue weighted by atomic mass is 16.7. The predicted molar refractivity (Wildman–Crippen MR) is 94.1 cm³/mol. The summed E-state index contributed by atoms with van der Waals surface area (Å²) in [5, 5.41) is 0. The molecule has 0 amide bonds. The summed E-state index contributed by atoms with van der Waals surface area (Å²) in [7, 11) is 3.14. The van der Waals surface area contributed by atoms with E-state index < -0.39 is 29.1 Å². The molecule has 6 nitrogen and oxygen atoms in total. The molecule has 142 valence electrons. The normalized spacial score (nSPS) is 22.3. The van der Waals surface area contributed by atoms with Gasteiger partial charge in [0.2, 0.25) is 0 Å². The van der Waals surface area contributed by atoms with Crippen LogP contribution in [-0.4, -0.2) is 31.9 Å². The van der Waals surface area contributed by atoms with Gasteiger partial charge in [-0.25, -0.2) is 0 Å². The lowest BCUT2D eigenvalue weighted by Gasteiger charge is -2.45. The Labute approximate surface area is 153 Å². The van der Waals surface area contributed by atoms with Gasteiger partial charge in [0.25, 0.3) is 5.79 Å². The van der Waals surface area contributed by atoms with Crippen LogP contribution in [0.15, 0.2) is 18.2 Å². The fourth-order valence-electron chi connectivity index (χ4n) is 4.35. The van der Waals surface area contributed by atoms with E-state index >= 15 is 0 Å². The first-order valence-corrected chi connectivity index (χ1v) is 9.02. The monoisotopic (exact) mass is 362 g/mol. The summed E-state index contributed by atoms with van der Waals surface area (Å²) in [6.07, 6.45) is 4.27. The van der Waals surface area contributed by atoms with E-state index in [4.69, 9.17) is 18.9 Å². The fraction of sp³-hybridized carbons (Fsp3) is 0.600. The zero-order chi connectivity index (χ0) is 18.9. The van der Waals surface area contributed by atoms with Crippen LogP contribution in [0.25, 0.3) is 0 Å². The summed E-state index contributed by atoms with van der Waals surface area (Å²) in [5.41, 5.74) is 0.0839. The number of esters is 2. The van der Waals surface area contributed by atoms with Gasteiger partial charge in [0.05, 0.1) is 14.2 Å². The topological polar surface area (TPSA) is 71.1 Å². The van der Waals surface area contributed by atoms with Crippen molar-refractivity contribution in [3.8, 4) is 11.5 Å². The van der Waals surface area contributed by atoms with Gasteiger partial charge in [0, 0.05) is 24.8 Å². The second-order valence-electron chi connectivity index (χ2n) is 7.43. The first-order chi connectivity index (χ1) is 12.3. The van der Waals surface area contributed by atoms with Crippen molar-refractivity contribution < 1.29 is 28.5 Å². The predicted octanol–water partition coefficient (Wildman–Crippen LogP) is 3.36. The molecule has 26 heavy (non-hydrogen) atoms. The summed E-state index contributed by atoms with van der Waals surface area (Å²) in [4.78, 5) is 25.7. The third kappa shape index (κ3) is 3.02. The number of carbonyl (C=O) groups excluding carboxylic acids is 2. The highest BCUT2D eigenvalue weighted by Gasteiger charge is 2.56. The maximum absolute atomic E-state index is 12.9. The van der Waals surface area contributed by atoms with Crippen LogP contribution in [0.2, 0.25) is 0 Å². The molecule has 0 atom stereocenters. The van der Waals surface area contributed by atoms with Crippen LogP contribution in [0.4, 0.5) is 0 Å². The van der Waals surface area contributed by atoms with Gasteiger partial charge in [-0.05, 0) is 18.9 Å². The lowest BCUT2D eigenvalue weighted by atomic mass is 9.61. The SMILES string of the molecule is COc1cccc(C2(C3C(=O)OC(C)(C)OC3=O)CCCCC2)c1OC. The number of ether oxygens (including phenoxy) is 4. The van der Waals surface area contributed by atoms with E-state index in [0.29, 0.717) is 24.3 Å². The Morgan fingerprint density at radius 1 is 0.962 bits per heavy atom. The maximum Gasteiger partial charge on any atom is 0.324 e. The molecule has 1 aliphatic carbocycles. The largest absolute Gasteiger partial charge is 0.493 e. The molecule has 0 bridgehead atoms. The van der Waals surface area contributed by atoms with Gasteiger partial charge in [-0.2, -0.15) is 0 Å². The summed E-state index contributed by atoms with van der Waals surface area (Å²) in [6.45, 7) is 3.14. The van der Waals surface area contributed by atoms with Crippen molar-refractivity contribution in [1.82, 2.24) is 0 Å². The van der Waals surface area contributed by atoms with E-state index in [1.54, 1.807) is 34.1 Å². The van der Waals surface area contributed by atoms with Crippen molar-refractivity contribution in [3.05, 3.63) is 23.8 Å². The van der Waals surface area contributed by atoms with Crippen molar-refractivity contribution in [2.24, 2.45) is 5.92 Å². The maximum atomic E-state index is 12.9. The van der Waals surface area contributed by atoms with Crippen LogP contribution >= 0.6 is 0 Å². The Bertz CT molecular complexity index is 682. The van der Waals surface area contributed by atoms with E-state index in [9.17, 15) is 9.59 Å². The zero-order valence-electron chi connectivity index (χ0n) is 15.8. The first-order valence-electron chi connectivity index (χ1n) is 9.02. The van der Waals surface area contributed by atoms with Crippen molar-refractivity contribution in [1.29, 1.82) is 0 Å². The van der Waals surface area contributed by atoms with Crippen LogP contribution in [0.5, 0.6) is 11.5 Å². The van der Waals surface area contributed by atoms with E-state index in [2.05, 4.69) is 0 Å². The number of para-hydroxylation sites is 1. The molecule has 2 fully saturated rings. The van der Waals surface area contributed by atoms with Crippen molar-refractivity contribution in [3.63, 3.8) is 0 Å². The molecule has 0 unspecified atom stereocenters. The minimum Gasteiger partial charge on any atom is -0.493 e. The Morgan fingerprint density at radius 3 is 2.12 bits per heavy atom. The van der Waals surface area contributed by atoms with Crippen LogP contribution in [0, 0.1) is 5.92 Å². The molecule has 3 rings (SSSR count). The molecule has 1 aliphatic heterocycles. The molecular weight excluding hydrogens is 336 g/mol. The lowest BCUT2D eigenvalue weighted by Crippen LogP contribution is -2.55. The van der Waals surface area contributed by atoms with Gasteiger partial charge in [-0.15, -0.1) is 0 Å². The van der Waals surface area contributed by atoms with E-state index in [-0.39, 0.29) is 0 Å². The minimum absolute atomic E-state index is 0.530. The number of hydrogen-bond donors (Lipinski definition) is 0. The van der Waals surface area contributed by atoms with E-state index in [1.807, 2.05) is 12.1 Å². The molecule has 1 saturated carbocycles. The van der Waals surface area contributed by atoms with Gasteiger partial charge in [-0.1, -0.05) is 31.4 Å². The van der Waals surface area contributed by atoms with Crippen molar-refractivity contribution >= 4 is 11.9 Å². The number of cyclic esters (lactones) is 2. The van der Waals surface area contributed by atoms with Gasteiger partial charge < -0.3 is 18.9 Å². The molecular formula is C20H26O6. The standard InChI is InChI=1S/C20H26O6/c1-19(2)25-17(21)15(18(22)26-19)20(11-6-5-7-12-20)13-9-8-10-14(23-3)16(13)24-4/h8-10,15H,5-7,11-12H2,1-4H3. The number of rotatable bonds is 4. The highest BCUT2D eigenvalue weighted by Crippen LogP contribution is 2.52. The Hall–Kier alpha value is -2.24. The van der Waals surface area contributed by atoms with Crippen LogP contribution in [0.1, 0.15) is 51.5 Å². The lowest BCUT2D eigenvalue weighted by molar-refractivity contribution is -0.244. The third-order valence-corrected chi connectivity index (χ3v) is 5.40. The number of hydrogen-bond acceptors (Lipinski definition) is 6. The second-order valence-corrected chi connectivity index (χ2v) is 7.43. The number of methoxy groups -OCH3 is 2. The zero-order valence-corrected chi connectivity index (χ0v) is 15.8. The molecule has 6 heteroatoms. The van der Waals surface area contributed by atoms with Gasteiger partial charge in [0.15, 0.2) is 17.4 Å². The molecule has 1 aromatic carbocycles. The van der Waals surface area contributed by atoms with Crippen molar-refractivity contribution in [2.75, 3.05) is 14.2 Å². The minimum atomic E-state index is -1.24. The van der Waals surface area contributed by atoms with Gasteiger partial charge in [0.1, 0.15) is 0 Å². The number of carbonyl (C=O) groups is 2. The first kappa shape index (κ1) is 18.5. The fourth-order valence-corrected chi connectivity index (χ4v) is 4.35. The van der Waals surface area contributed by atoms with Crippen molar-refractivity contribution in [2.45, 2.75) is 57.2 Å². The quantitative estimate of drug-likeness (QED) is 0.604. The van der Waals surface area contributed by atoms with Gasteiger partial charge in [-0.3, -0.25) is 9.59 Å². The highest BCUT2D eigenvalue weighted by molar-refractivity contribution is 5.98. The van der Waals surface area contributed by atoms with Crippen LogP contribution in [-0.2, 0) is 24.5 Å². The Kier molecular flexibility index (Phi) is 4.86. The molecule has 0 N–H and O–H groups in total. The van der Waals surface area contributed by atoms with Gasteiger partial charge >= 0.3 is 11.9 Å². The van der Waals surface area contributed by atoms with E-state index in [1.165, 1.54) is 0 Å². The summed E-state index contributed by atoms with van der Waals surface area (Å²) in [5.74, 6) is -2.16. The van der Waals surface area contributed by atoms with Crippen LogP contribution < -0.4 is 9.47 Å². The molecule has 1 aromatic rings. The molecule has 0 radical (unpaired) electrons. The molecule has 1 heterocycles. The Balaban J connectivity index is 2.15. The third-order valence-electron chi connectivity index (χ3n) is 5.40. The van der Waals surface area contributed by atoms with E-state index in [0.717, 1.165) is 24.8 Å².